The van der Waals surface area contributed by atoms with E-state index in [2.05, 4.69) is 14.9 Å². The Labute approximate surface area is 142 Å². The van der Waals surface area contributed by atoms with Gasteiger partial charge in [0.25, 0.3) is 0 Å². The van der Waals surface area contributed by atoms with Crippen molar-refractivity contribution in [2.75, 3.05) is 19.7 Å². The van der Waals surface area contributed by atoms with Gasteiger partial charge in [-0.15, -0.1) is 0 Å². The molecule has 128 valence electrons. The summed E-state index contributed by atoms with van der Waals surface area (Å²) in [6.07, 6.45) is 7.58. The molecule has 6 heteroatoms. The van der Waals surface area contributed by atoms with Crippen molar-refractivity contribution in [1.29, 1.82) is 0 Å². The molecule has 0 unspecified atom stereocenters. The molecule has 1 N–H and O–H groups in total. The summed E-state index contributed by atoms with van der Waals surface area (Å²) in [6, 6.07) is 8.28. The second-order valence-electron chi connectivity index (χ2n) is 5.96. The highest BCUT2D eigenvalue weighted by Crippen LogP contribution is 2.22. The van der Waals surface area contributed by atoms with Gasteiger partial charge in [0.1, 0.15) is 5.75 Å². The minimum Gasteiger partial charge on any atom is -0.494 e. The molecule has 0 spiro atoms. The highest BCUT2D eigenvalue weighted by Gasteiger charge is 2.23. The van der Waals surface area contributed by atoms with Gasteiger partial charge in [-0.2, -0.15) is 0 Å². The first-order valence-electron chi connectivity index (χ1n) is 8.48. The third-order valence-electron chi connectivity index (χ3n) is 4.38. The molecule has 6 nitrogen and oxygen atoms in total. The lowest BCUT2D eigenvalue weighted by atomic mass is 10.1. The lowest BCUT2D eigenvalue weighted by Gasteiger charge is -2.32. The van der Waals surface area contributed by atoms with Crippen LogP contribution in [0.3, 0.4) is 0 Å². The summed E-state index contributed by atoms with van der Waals surface area (Å²) in [4.78, 5) is 18.3. The van der Waals surface area contributed by atoms with Gasteiger partial charge in [-0.3, -0.25) is 0 Å². The van der Waals surface area contributed by atoms with Crippen LogP contribution < -0.4 is 10.1 Å². The lowest BCUT2D eigenvalue weighted by Crippen LogP contribution is -2.44. The molecule has 0 atom stereocenters. The predicted octanol–water partition coefficient (Wildman–Crippen LogP) is 2.83. The van der Waals surface area contributed by atoms with Crippen molar-refractivity contribution in [1.82, 2.24) is 19.8 Å². The molecular weight excluding hydrogens is 304 g/mol. The van der Waals surface area contributed by atoms with E-state index in [9.17, 15) is 4.79 Å². The molecule has 1 aromatic heterocycles. The number of nitrogens with one attached hydrogen (secondary N) is 1. The van der Waals surface area contributed by atoms with Crippen LogP contribution in [0.4, 0.5) is 4.79 Å². The number of likely N-dealkylation sites (tertiary alicyclic amines) is 1. The molecule has 0 radical (unpaired) electrons. The third-order valence-corrected chi connectivity index (χ3v) is 4.38. The Morgan fingerprint density at radius 3 is 2.67 bits per heavy atom. The van der Waals surface area contributed by atoms with Gasteiger partial charge >= 0.3 is 6.03 Å². The summed E-state index contributed by atoms with van der Waals surface area (Å²) in [5, 5.41) is 3.00. The maximum atomic E-state index is 12.3. The SMILES string of the molecule is CCOc1ccc(CNC(=O)N2CCC(n3ccnc3)CC2)cc1. The number of urea groups is 1. The Morgan fingerprint density at radius 1 is 1.29 bits per heavy atom. The summed E-state index contributed by atoms with van der Waals surface area (Å²) in [5.41, 5.74) is 1.07. The van der Waals surface area contributed by atoms with E-state index in [4.69, 9.17) is 4.74 Å². The van der Waals surface area contributed by atoms with E-state index in [-0.39, 0.29) is 6.03 Å². The molecule has 1 aromatic carbocycles. The number of hydrogen-bond acceptors (Lipinski definition) is 3. The largest absolute Gasteiger partial charge is 0.494 e. The van der Waals surface area contributed by atoms with E-state index in [1.807, 2.05) is 48.6 Å². The molecule has 0 bridgehead atoms. The molecule has 2 heterocycles. The van der Waals surface area contributed by atoms with Gasteiger partial charge in [0.15, 0.2) is 0 Å². The zero-order chi connectivity index (χ0) is 16.8. The Kier molecular flexibility index (Phi) is 5.36. The van der Waals surface area contributed by atoms with Gasteiger partial charge < -0.3 is 19.5 Å². The fraction of sp³-hybridized carbons (Fsp3) is 0.444. The van der Waals surface area contributed by atoms with Crippen molar-refractivity contribution in [2.45, 2.75) is 32.4 Å². The monoisotopic (exact) mass is 328 g/mol. The molecule has 0 aliphatic carbocycles. The molecule has 1 aliphatic rings. The van der Waals surface area contributed by atoms with Crippen LogP contribution in [0.15, 0.2) is 43.0 Å². The van der Waals surface area contributed by atoms with Crippen LogP contribution in [0.25, 0.3) is 0 Å². The summed E-state index contributed by atoms with van der Waals surface area (Å²) in [6.45, 7) is 4.71. The van der Waals surface area contributed by atoms with Crippen molar-refractivity contribution in [3.63, 3.8) is 0 Å². The van der Waals surface area contributed by atoms with Gasteiger partial charge in [0, 0.05) is 38.1 Å². The normalized spacial score (nSPS) is 15.3. The quantitative estimate of drug-likeness (QED) is 0.918. The van der Waals surface area contributed by atoms with Crippen LogP contribution >= 0.6 is 0 Å². The van der Waals surface area contributed by atoms with Gasteiger partial charge in [-0.1, -0.05) is 12.1 Å². The maximum Gasteiger partial charge on any atom is 0.317 e. The third kappa shape index (κ3) is 4.07. The standard InChI is InChI=1S/C18H24N4O2/c1-2-24-17-5-3-15(4-6-17)13-20-18(23)21-10-7-16(8-11-21)22-12-9-19-14-22/h3-6,9,12,14,16H,2,7-8,10-11,13H2,1H3,(H,20,23). The molecule has 1 aliphatic heterocycles. The lowest BCUT2D eigenvalue weighted by molar-refractivity contribution is 0.171. The molecule has 2 aromatic rings. The number of amides is 2. The number of ether oxygens (including phenoxy) is 1. The fourth-order valence-corrected chi connectivity index (χ4v) is 3.01. The number of hydrogen-bond donors (Lipinski definition) is 1. The highest BCUT2D eigenvalue weighted by molar-refractivity contribution is 5.74. The van der Waals surface area contributed by atoms with E-state index >= 15 is 0 Å². The first-order valence-corrected chi connectivity index (χ1v) is 8.48. The number of rotatable bonds is 5. The molecule has 3 rings (SSSR count). The Bertz CT molecular complexity index is 632. The average Bonchev–Trinajstić information content (AvgIpc) is 3.16. The fourth-order valence-electron chi connectivity index (χ4n) is 3.01. The molecule has 2 amide bonds. The maximum absolute atomic E-state index is 12.3. The topological polar surface area (TPSA) is 59.4 Å². The van der Waals surface area contributed by atoms with Crippen LogP contribution in [0.2, 0.25) is 0 Å². The zero-order valence-electron chi connectivity index (χ0n) is 14.0. The first-order chi connectivity index (χ1) is 11.8. The van der Waals surface area contributed by atoms with E-state index in [1.165, 1.54) is 0 Å². The van der Waals surface area contributed by atoms with E-state index in [1.54, 1.807) is 6.20 Å². The van der Waals surface area contributed by atoms with E-state index in [0.717, 1.165) is 37.2 Å². The summed E-state index contributed by atoms with van der Waals surface area (Å²) < 4.78 is 7.55. The van der Waals surface area contributed by atoms with Crippen LogP contribution in [0.5, 0.6) is 5.75 Å². The number of imidazole rings is 1. The summed E-state index contributed by atoms with van der Waals surface area (Å²) >= 11 is 0. The Balaban J connectivity index is 1.44. The predicted molar refractivity (Wildman–Crippen MR) is 91.9 cm³/mol. The van der Waals surface area contributed by atoms with Crippen LogP contribution in [0.1, 0.15) is 31.4 Å². The second kappa shape index (κ2) is 7.86. The van der Waals surface area contributed by atoms with Crippen molar-refractivity contribution in [3.8, 4) is 5.75 Å². The first kappa shape index (κ1) is 16.4. The van der Waals surface area contributed by atoms with Crippen molar-refractivity contribution >= 4 is 6.03 Å². The van der Waals surface area contributed by atoms with Crippen molar-refractivity contribution in [3.05, 3.63) is 48.5 Å². The Hall–Kier alpha value is -2.50. The summed E-state index contributed by atoms with van der Waals surface area (Å²) in [5.74, 6) is 0.856. The number of carbonyl (C=O) groups is 1. The zero-order valence-corrected chi connectivity index (χ0v) is 14.0. The smallest absolute Gasteiger partial charge is 0.317 e. The van der Waals surface area contributed by atoms with Crippen molar-refractivity contribution in [2.24, 2.45) is 0 Å². The van der Waals surface area contributed by atoms with Gasteiger partial charge in [0.2, 0.25) is 0 Å². The van der Waals surface area contributed by atoms with Crippen molar-refractivity contribution < 1.29 is 9.53 Å². The van der Waals surface area contributed by atoms with Gasteiger partial charge in [0.05, 0.1) is 12.9 Å². The van der Waals surface area contributed by atoms with Crippen LogP contribution in [-0.2, 0) is 6.54 Å². The van der Waals surface area contributed by atoms with Crippen LogP contribution in [-0.4, -0.2) is 40.2 Å². The summed E-state index contributed by atoms with van der Waals surface area (Å²) in [7, 11) is 0. The molecule has 1 fully saturated rings. The van der Waals surface area contributed by atoms with Gasteiger partial charge in [-0.05, 0) is 37.5 Å². The van der Waals surface area contributed by atoms with E-state index in [0.29, 0.717) is 19.2 Å². The molecule has 24 heavy (non-hydrogen) atoms. The number of carbonyl (C=O) groups excluding carboxylic acids is 1. The van der Waals surface area contributed by atoms with E-state index < -0.39 is 0 Å². The van der Waals surface area contributed by atoms with Gasteiger partial charge in [-0.25, -0.2) is 9.78 Å². The number of piperidine rings is 1. The number of benzene rings is 1. The number of aromatic nitrogens is 2. The molecule has 0 saturated carbocycles. The minimum atomic E-state index is 0.00738. The molecular formula is C18H24N4O2. The molecule has 1 saturated heterocycles. The highest BCUT2D eigenvalue weighted by atomic mass is 16.5. The average molecular weight is 328 g/mol. The number of nitrogens with zero attached hydrogens (tertiary/aromatic N) is 3. The minimum absolute atomic E-state index is 0.00738. The Morgan fingerprint density at radius 2 is 2.04 bits per heavy atom. The van der Waals surface area contributed by atoms with Crippen LogP contribution in [0, 0.1) is 0 Å². The second-order valence-corrected chi connectivity index (χ2v) is 5.96.